The van der Waals surface area contributed by atoms with Gasteiger partial charge in [0.05, 0.1) is 28.8 Å². The van der Waals surface area contributed by atoms with E-state index < -0.39 is 37.6 Å². The lowest BCUT2D eigenvalue weighted by Crippen LogP contribution is -2.45. The number of fused-ring (bicyclic) bond motifs is 2. The van der Waals surface area contributed by atoms with Crippen molar-refractivity contribution in [2.75, 3.05) is 23.5 Å². The second-order valence-corrected chi connectivity index (χ2v) is 13.8. The van der Waals surface area contributed by atoms with Crippen LogP contribution in [0.3, 0.4) is 0 Å². The average molecular weight is 593 g/mol. The summed E-state index contributed by atoms with van der Waals surface area (Å²) in [7, 11) is -7.93. The molecule has 3 aromatic rings. The third-order valence-electron chi connectivity index (χ3n) is 5.02. The molecular weight excluding hydrogens is 573 g/mol. The molecule has 192 valence electrons. The standard InChI is InChI=1S/C21H19ClFN3O6S4/c1-35(28,29)24-19(27)12-26-16-10-14(23)4-6-18(16)34-21(26)11-20-25(7-2-8-36(30,31)32)15-9-13(22)3-5-17(15)33-20/h3-6,9-11H,2,7-8,12H2,1H3,(H-,24,27,30,31,32)/p+1. The fourth-order valence-corrected chi connectivity index (χ4v) is 7.05. The number of thioether (sulfide) groups is 1. The molecule has 1 aromatic heterocycles. The van der Waals surface area contributed by atoms with E-state index in [1.165, 1.54) is 39.8 Å². The SMILES string of the molecule is CS(=O)(=O)NC(=O)C[n+]1c(C=C2Sc3ccc(Cl)cc3N2CCCS(=O)(=O)O)sc2ccc(F)cc21. The zero-order chi connectivity index (χ0) is 26.3. The van der Waals surface area contributed by atoms with Crippen molar-refractivity contribution < 1.29 is 35.1 Å². The second kappa shape index (κ2) is 10.3. The zero-order valence-corrected chi connectivity index (χ0v) is 22.7. The summed E-state index contributed by atoms with van der Waals surface area (Å²) in [6.45, 7) is -0.123. The van der Waals surface area contributed by atoms with Crippen molar-refractivity contribution in [1.29, 1.82) is 0 Å². The van der Waals surface area contributed by atoms with Crippen LogP contribution in [0.1, 0.15) is 11.4 Å². The highest BCUT2D eigenvalue weighted by Crippen LogP contribution is 2.47. The first-order valence-corrected chi connectivity index (χ1v) is 15.8. The summed E-state index contributed by atoms with van der Waals surface area (Å²) < 4.78 is 72.8. The van der Waals surface area contributed by atoms with Gasteiger partial charge in [-0.25, -0.2) is 17.5 Å². The maximum absolute atomic E-state index is 14.0. The molecule has 9 nitrogen and oxygen atoms in total. The first-order valence-electron chi connectivity index (χ1n) is 10.3. The highest BCUT2D eigenvalue weighted by atomic mass is 35.5. The zero-order valence-electron chi connectivity index (χ0n) is 18.6. The molecule has 0 radical (unpaired) electrons. The lowest BCUT2D eigenvalue weighted by Gasteiger charge is -2.20. The van der Waals surface area contributed by atoms with Crippen molar-refractivity contribution in [3.63, 3.8) is 0 Å². The van der Waals surface area contributed by atoms with E-state index in [2.05, 4.69) is 0 Å². The third-order valence-corrected chi connectivity index (χ3v) is 8.88. The van der Waals surface area contributed by atoms with Crippen molar-refractivity contribution in [2.45, 2.75) is 17.9 Å². The topological polar surface area (TPSA) is 125 Å². The fourth-order valence-electron chi connectivity index (χ4n) is 3.65. The number of hydrogen-bond donors (Lipinski definition) is 2. The van der Waals surface area contributed by atoms with Gasteiger partial charge in [0, 0.05) is 22.5 Å². The van der Waals surface area contributed by atoms with Gasteiger partial charge in [0.25, 0.3) is 21.0 Å². The normalized spacial score (nSPS) is 15.0. The van der Waals surface area contributed by atoms with Crippen LogP contribution in [0, 0.1) is 5.82 Å². The summed E-state index contributed by atoms with van der Waals surface area (Å²) in [5.41, 5.74) is 1.17. The Bertz CT molecular complexity index is 1610. The Labute approximate surface area is 220 Å². The number of sulfonamides is 1. The van der Waals surface area contributed by atoms with Crippen LogP contribution in [0.4, 0.5) is 10.1 Å². The largest absolute Gasteiger partial charge is 0.335 e. The molecule has 0 unspecified atom stereocenters. The molecule has 0 bridgehead atoms. The number of nitrogens with zero attached hydrogens (tertiary/aromatic N) is 2. The number of nitrogens with one attached hydrogen (secondary N) is 1. The van der Waals surface area contributed by atoms with Gasteiger partial charge in [0.15, 0.2) is 0 Å². The molecule has 0 atom stereocenters. The van der Waals surface area contributed by atoms with Gasteiger partial charge in [-0.1, -0.05) is 34.7 Å². The number of anilines is 1. The van der Waals surface area contributed by atoms with Gasteiger partial charge < -0.3 is 4.90 Å². The van der Waals surface area contributed by atoms with Crippen LogP contribution in [-0.4, -0.2) is 45.8 Å². The molecule has 4 rings (SSSR count). The Morgan fingerprint density at radius 3 is 2.67 bits per heavy atom. The monoisotopic (exact) mass is 592 g/mol. The van der Waals surface area contributed by atoms with Crippen LogP contribution < -0.4 is 14.2 Å². The molecule has 1 aliphatic rings. The Morgan fingerprint density at radius 1 is 1.22 bits per heavy atom. The third kappa shape index (κ3) is 6.55. The first kappa shape index (κ1) is 26.8. The maximum Gasteiger partial charge on any atom is 0.299 e. The first-order chi connectivity index (χ1) is 16.8. The average Bonchev–Trinajstić information content (AvgIpc) is 3.24. The molecule has 2 heterocycles. The number of aromatic nitrogens is 1. The van der Waals surface area contributed by atoms with Gasteiger partial charge in [0.1, 0.15) is 10.5 Å². The van der Waals surface area contributed by atoms with E-state index in [-0.39, 0.29) is 19.5 Å². The van der Waals surface area contributed by atoms with Crippen molar-refractivity contribution in [1.82, 2.24) is 4.72 Å². The predicted octanol–water partition coefficient (Wildman–Crippen LogP) is 3.25. The molecule has 0 fully saturated rings. The maximum atomic E-state index is 14.0. The van der Waals surface area contributed by atoms with E-state index in [4.69, 9.17) is 16.2 Å². The number of rotatable bonds is 8. The number of carbonyl (C=O) groups excluding carboxylic acids is 1. The molecule has 0 saturated heterocycles. The summed E-state index contributed by atoms with van der Waals surface area (Å²) >= 11 is 8.86. The van der Waals surface area contributed by atoms with Gasteiger partial charge in [0.2, 0.25) is 22.1 Å². The predicted molar refractivity (Wildman–Crippen MR) is 139 cm³/mol. The minimum absolute atomic E-state index is 0.136. The summed E-state index contributed by atoms with van der Waals surface area (Å²) in [6.07, 6.45) is 2.77. The number of thiazole rings is 1. The van der Waals surface area contributed by atoms with Gasteiger partial charge >= 0.3 is 0 Å². The van der Waals surface area contributed by atoms with Gasteiger partial charge in [-0.15, -0.1) is 0 Å². The second-order valence-electron chi connectivity index (χ2n) is 7.92. The fraction of sp³-hybridized carbons (Fsp3) is 0.238. The van der Waals surface area contributed by atoms with Gasteiger partial charge in [-0.2, -0.15) is 13.0 Å². The van der Waals surface area contributed by atoms with E-state index in [0.717, 1.165) is 16.8 Å². The Hall–Kier alpha value is -2.23. The van der Waals surface area contributed by atoms with Crippen molar-refractivity contribution in [3.05, 3.63) is 57.3 Å². The Balaban J connectivity index is 1.77. The lowest BCUT2D eigenvalue weighted by molar-refractivity contribution is -0.655. The van der Waals surface area contributed by atoms with Crippen molar-refractivity contribution in [3.8, 4) is 0 Å². The molecule has 0 spiro atoms. The molecule has 36 heavy (non-hydrogen) atoms. The number of hydrogen-bond acceptors (Lipinski definition) is 8. The van der Waals surface area contributed by atoms with Crippen LogP contribution in [0.2, 0.25) is 5.02 Å². The van der Waals surface area contributed by atoms with Crippen LogP contribution >= 0.6 is 34.7 Å². The summed E-state index contributed by atoms with van der Waals surface area (Å²) in [4.78, 5) is 15.1. The summed E-state index contributed by atoms with van der Waals surface area (Å²) in [5, 5.41) is 1.72. The smallest absolute Gasteiger partial charge is 0.299 e. The van der Waals surface area contributed by atoms with E-state index in [1.807, 2.05) is 15.7 Å². The van der Waals surface area contributed by atoms with E-state index >= 15 is 0 Å². The van der Waals surface area contributed by atoms with E-state index in [0.29, 0.717) is 25.3 Å². The minimum atomic E-state index is -4.14. The van der Waals surface area contributed by atoms with Crippen LogP contribution in [0.15, 0.2) is 46.3 Å². The molecule has 15 heteroatoms. The molecule has 1 aliphatic heterocycles. The highest BCUT2D eigenvalue weighted by molar-refractivity contribution is 8.04. The Morgan fingerprint density at radius 2 is 1.97 bits per heavy atom. The number of carbonyl (C=O) groups is 1. The molecule has 1 amide bonds. The van der Waals surface area contributed by atoms with Crippen LogP contribution in [0.25, 0.3) is 16.3 Å². The molecular formula is C21H20ClFN3O6S4+. The van der Waals surface area contributed by atoms with E-state index in [9.17, 15) is 26.0 Å². The quantitative estimate of drug-likeness (QED) is 0.302. The van der Waals surface area contributed by atoms with Gasteiger partial charge in [-0.05, 0) is 36.8 Å². The van der Waals surface area contributed by atoms with Crippen LogP contribution in [-0.2, 0) is 31.5 Å². The number of amides is 1. The molecule has 0 aliphatic carbocycles. The van der Waals surface area contributed by atoms with Crippen molar-refractivity contribution in [2.24, 2.45) is 0 Å². The van der Waals surface area contributed by atoms with Crippen LogP contribution in [0.5, 0.6) is 0 Å². The molecule has 2 aromatic carbocycles. The summed E-state index contributed by atoms with van der Waals surface area (Å²) in [5.74, 6) is -1.73. The lowest BCUT2D eigenvalue weighted by atomic mass is 10.2. The van der Waals surface area contributed by atoms with E-state index in [1.54, 1.807) is 24.3 Å². The number of halogens is 2. The molecule has 2 N–H and O–H groups in total. The highest BCUT2D eigenvalue weighted by Gasteiger charge is 2.29. The Kier molecular flexibility index (Phi) is 7.65. The van der Waals surface area contributed by atoms with Gasteiger partial charge in [-0.3, -0.25) is 9.35 Å². The molecule has 0 saturated carbocycles. The summed E-state index contributed by atoms with van der Waals surface area (Å²) in [6, 6.07) is 9.42. The minimum Gasteiger partial charge on any atom is -0.335 e. The van der Waals surface area contributed by atoms with Crippen molar-refractivity contribution >= 4 is 82.7 Å². The number of benzene rings is 2.